The minimum Gasteiger partial charge on any atom is -0.294 e. The molecule has 0 spiro atoms. The third-order valence-electron chi connectivity index (χ3n) is 1.78. The standard InChI is InChI=1S/C10H9BrCl2O/c11-6-2-5-9(14)10-7(12)3-1-4-8(10)13/h1,3-4H,2,5-6H2. The Morgan fingerprint density at radius 2 is 1.86 bits per heavy atom. The van der Waals surface area contributed by atoms with Crippen molar-refractivity contribution in [2.24, 2.45) is 0 Å². The third kappa shape index (κ3) is 2.97. The lowest BCUT2D eigenvalue weighted by atomic mass is 10.1. The number of alkyl halides is 1. The second kappa shape index (κ2) is 5.74. The molecular formula is C10H9BrCl2O. The highest BCUT2D eigenvalue weighted by molar-refractivity contribution is 9.09. The summed E-state index contributed by atoms with van der Waals surface area (Å²) >= 11 is 15.0. The fourth-order valence-electron chi connectivity index (χ4n) is 1.12. The van der Waals surface area contributed by atoms with Crippen molar-refractivity contribution in [1.82, 2.24) is 0 Å². The van der Waals surface area contributed by atoms with Gasteiger partial charge in [0.1, 0.15) is 0 Å². The Kier molecular flexibility index (Phi) is 4.93. The zero-order chi connectivity index (χ0) is 10.6. The van der Waals surface area contributed by atoms with Crippen LogP contribution in [-0.2, 0) is 0 Å². The summed E-state index contributed by atoms with van der Waals surface area (Å²) in [6.07, 6.45) is 1.26. The lowest BCUT2D eigenvalue weighted by molar-refractivity contribution is 0.0982. The smallest absolute Gasteiger partial charge is 0.165 e. The molecule has 0 heterocycles. The SMILES string of the molecule is O=C(CCCBr)c1c(Cl)cccc1Cl. The van der Waals surface area contributed by atoms with Crippen LogP contribution in [0.15, 0.2) is 18.2 Å². The van der Waals surface area contributed by atoms with Gasteiger partial charge in [0.05, 0.1) is 15.6 Å². The van der Waals surface area contributed by atoms with E-state index in [-0.39, 0.29) is 5.78 Å². The Labute approximate surface area is 102 Å². The van der Waals surface area contributed by atoms with Crippen molar-refractivity contribution in [1.29, 1.82) is 0 Å². The summed E-state index contributed by atoms with van der Waals surface area (Å²) in [6, 6.07) is 5.08. The number of ketones is 1. The molecule has 0 aromatic heterocycles. The molecule has 0 amide bonds. The van der Waals surface area contributed by atoms with E-state index in [0.717, 1.165) is 11.8 Å². The van der Waals surface area contributed by atoms with Crippen molar-refractivity contribution in [3.05, 3.63) is 33.8 Å². The van der Waals surface area contributed by atoms with E-state index in [1.54, 1.807) is 18.2 Å². The van der Waals surface area contributed by atoms with E-state index in [4.69, 9.17) is 23.2 Å². The van der Waals surface area contributed by atoms with Gasteiger partial charge in [-0.1, -0.05) is 45.2 Å². The lowest BCUT2D eigenvalue weighted by Crippen LogP contribution is -2.01. The van der Waals surface area contributed by atoms with Crippen molar-refractivity contribution in [2.45, 2.75) is 12.8 Å². The fourth-order valence-corrected chi connectivity index (χ4v) is 2.01. The molecule has 4 heteroatoms. The average Bonchev–Trinajstić information content (AvgIpc) is 2.14. The number of carbonyl (C=O) groups is 1. The van der Waals surface area contributed by atoms with Gasteiger partial charge in [-0.15, -0.1) is 0 Å². The minimum absolute atomic E-state index is 0.0000463. The molecule has 0 atom stereocenters. The predicted octanol–water partition coefficient (Wildman–Crippen LogP) is 4.35. The molecule has 1 rings (SSSR count). The molecule has 0 aliphatic heterocycles. The lowest BCUT2D eigenvalue weighted by Gasteiger charge is -2.04. The van der Waals surface area contributed by atoms with E-state index in [0.29, 0.717) is 22.0 Å². The predicted molar refractivity (Wildman–Crippen MR) is 63.8 cm³/mol. The molecule has 0 N–H and O–H groups in total. The zero-order valence-electron chi connectivity index (χ0n) is 7.40. The first-order valence-electron chi connectivity index (χ1n) is 4.20. The summed E-state index contributed by atoms with van der Waals surface area (Å²) in [6.45, 7) is 0. The Morgan fingerprint density at radius 1 is 1.29 bits per heavy atom. The summed E-state index contributed by atoms with van der Waals surface area (Å²) in [7, 11) is 0. The van der Waals surface area contributed by atoms with E-state index in [2.05, 4.69) is 15.9 Å². The van der Waals surface area contributed by atoms with Gasteiger partial charge in [0.25, 0.3) is 0 Å². The molecule has 0 fully saturated rings. The second-order valence-electron chi connectivity index (χ2n) is 2.81. The molecule has 1 nitrogen and oxygen atoms in total. The number of hydrogen-bond donors (Lipinski definition) is 0. The highest BCUT2D eigenvalue weighted by atomic mass is 79.9. The van der Waals surface area contributed by atoms with Crippen LogP contribution in [0.2, 0.25) is 10.0 Å². The quantitative estimate of drug-likeness (QED) is 0.596. The Hall–Kier alpha value is -0.0500. The van der Waals surface area contributed by atoms with Crippen LogP contribution in [0.1, 0.15) is 23.2 Å². The molecule has 0 saturated heterocycles. The average molecular weight is 296 g/mol. The van der Waals surface area contributed by atoms with Crippen LogP contribution in [0.25, 0.3) is 0 Å². The van der Waals surface area contributed by atoms with Gasteiger partial charge in [-0.05, 0) is 18.6 Å². The van der Waals surface area contributed by atoms with Crippen LogP contribution in [0, 0.1) is 0 Å². The normalized spacial score (nSPS) is 10.2. The van der Waals surface area contributed by atoms with Gasteiger partial charge >= 0.3 is 0 Å². The van der Waals surface area contributed by atoms with E-state index in [1.165, 1.54) is 0 Å². The van der Waals surface area contributed by atoms with Crippen LogP contribution in [-0.4, -0.2) is 11.1 Å². The van der Waals surface area contributed by atoms with Crippen LogP contribution < -0.4 is 0 Å². The molecule has 0 aliphatic carbocycles. The molecule has 0 saturated carbocycles. The van der Waals surface area contributed by atoms with E-state index >= 15 is 0 Å². The first-order chi connectivity index (χ1) is 6.66. The van der Waals surface area contributed by atoms with Gasteiger partial charge in [-0.25, -0.2) is 0 Å². The maximum atomic E-state index is 11.7. The topological polar surface area (TPSA) is 17.1 Å². The molecule has 0 radical (unpaired) electrons. The van der Waals surface area contributed by atoms with Crippen LogP contribution in [0.5, 0.6) is 0 Å². The number of benzene rings is 1. The Bertz CT molecular complexity index is 319. The monoisotopic (exact) mass is 294 g/mol. The second-order valence-corrected chi connectivity index (χ2v) is 4.42. The van der Waals surface area contributed by atoms with Gasteiger partial charge in [-0.2, -0.15) is 0 Å². The number of halogens is 3. The van der Waals surface area contributed by atoms with E-state index < -0.39 is 0 Å². The third-order valence-corrected chi connectivity index (χ3v) is 2.97. The number of carbonyl (C=O) groups excluding carboxylic acids is 1. The molecule has 76 valence electrons. The Balaban J connectivity index is 2.89. The summed E-state index contributed by atoms with van der Waals surface area (Å²) in [5, 5.41) is 1.66. The van der Waals surface area contributed by atoms with Gasteiger partial charge in [0, 0.05) is 11.8 Å². The van der Waals surface area contributed by atoms with Crippen molar-refractivity contribution in [3.8, 4) is 0 Å². The van der Waals surface area contributed by atoms with Crippen molar-refractivity contribution in [2.75, 3.05) is 5.33 Å². The minimum atomic E-state index is 0.0000463. The number of rotatable bonds is 4. The zero-order valence-corrected chi connectivity index (χ0v) is 10.5. The van der Waals surface area contributed by atoms with Crippen LogP contribution in [0.4, 0.5) is 0 Å². The number of hydrogen-bond acceptors (Lipinski definition) is 1. The maximum absolute atomic E-state index is 11.7. The molecular weight excluding hydrogens is 287 g/mol. The summed E-state index contributed by atoms with van der Waals surface area (Å²) in [5.41, 5.74) is 0.441. The van der Waals surface area contributed by atoms with Crippen molar-refractivity contribution >= 4 is 44.9 Å². The highest BCUT2D eigenvalue weighted by Gasteiger charge is 2.13. The molecule has 14 heavy (non-hydrogen) atoms. The molecule has 0 unspecified atom stereocenters. The largest absolute Gasteiger partial charge is 0.294 e. The van der Waals surface area contributed by atoms with Gasteiger partial charge in [0.2, 0.25) is 0 Å². The summed E-state index contributed by atoms with van der Waals surface area (Å²) in [4.78, 5) is 11.7. The highest BCUT2D eigenvalue weighted by Crippen LogP contribution is 2.25. The number of Topliss-reactive ketones (excluding diaryl/α,β-unsaturated/α-hetero) is 1. The van der Waals surface area contributed by atoms with Crippen LogP contribution in [0.3, 0.4) is 0 Å². The van der Waals surface area contributed by atoms with Gasteiger partial charge in [0.15, 0.2) is 5.78 Å². The molecule has 1 aromatic rings. The summed E-state index contributed by atoms with van der Waals surface area (Å²) < 4.78 is 0. The van der Waals surface area contributed by atoms with Gasteiger partial charge in [-0.3, -0.25) is 4.79 Å². The summed E-state index contributed by atoms with van der Waals surface area (Å²) in [5.74, 6) is 0.0000463. The maximum Gasteiger partial charge on any atom is 0.165 e. The van der Waals surface area contributed by atoms with E-state index in [9.17, 15) is 4.79 Å². The Morgan fingerprint density at radius 3 is 2.36 bits per heavy atom. The first-order valence-corrected chi connectivity index (χ1v) is 6.07. The fraction of sp³-hybridized carbons (Fsp3) is 0.300. The van der Waals surface area contributed by atoms with Crippen LogP contribution >= 0.6 is 39.1 Å². The van der Waals surface area contributed by atoms with Crippen molar-refractivity contribution < 1.29 is 4.79 Å². The van der Waals surface area contributed by atoms with Gasteiger partial charge < -0.3 is 0 Å². The van der Waals surface area contributed by atoms with E-state index in [1.807, 2.05) is 0 Å². The molecule has 0 aliphatic rings. The van der Waals surface area contributed by atoms with Crippen molar-refractivity contribution in [3.63, 3.8) is 0 Å². The molecule has 1 aromatic carbocycles. The first kappa shape index (κ1) is 12.0. The molecule has 0 bridgehead atoms.